The molecule has 0 spiro atoms. The van der Waals surface area contributed by atoms with E-state index in [4.69, 9.17) is 0 Å². The maximum Gasteiger partial charge on any atom is 0.134 e. The molecule has 2 aliphatic heterocycles. The summed E-state index contributed by atoms with van der Waals surface area (Å²) in [7, 11) is 0. The Morgan fingerprint density at radius 1 is 0.767 bits per heavy atom. The Morgan fingerprint density at radius 2 is 1.27 bits per heavy atom. The van der Waals surface area contributed by atoms with Crippen molar-refractivity contribution in [3.63, 3.8) is 0 Å². The molecule has 158 valence electrons. The highest BCUT2D eigenvalue weighted by molar-refractivity contribution is 5.51. The molecule has 0 N–H and O–H groups in total. The summed E-state index contributed by atoms with van der Waals surface area (Å²) in [6, 6.07) is 3.00. The normalized spacial score (nSPS) is 27.4. The molecule has 4 unspecified atom stereocenters. The van der Waals surface area contributed by atoms with E-state index < -0.39 is 0 Å². The van der Waals surface area contributed by atoms with E-state index in [1.165, 1.54) is 0 Å². The van der Waals surface area contributed by atoms with Crippen LogP contribution in [0.15, 0.2) is 49.8 Å². The average molecular weight is 407 g/mol. The molecule has 30 heavy (non-hydrogen) atoms. The molecule has 0 aliphatic carbocycles. The second-order valence-electron chi connectivity index (χ2n) is 8.81. The number of nitrogens with zero attached hydrogens (tertiary/aromatic N) is 8. The van der Waals surface area contributed by atoms with Crippen LogP contribution in [0.2, 0.25) is 0 Å². The first-order valence-electron chi connectivity index (χ1n) is 11.0. The van der Waals surface area contributed by atoms with Gasteiger partial charge in [-0.3, -0.25) is 0 Å². The molecule has 3 aromatic heterocycles. The first-order chi connectivity index (χ1) is 14.7. The molecular weight excluding hydrogens is 376 g/mol. The largest absolute Gasteiger partial charge is 0.354 e. The van der Waals surface area contributed by atoms with Crippen LogP contribution in [-0.2, 0) is 0 Å². The Hall–Kier alpha value is -2.90. The zero-order valence-electron chi connectivity index (χ0n) is 17.7. The summed E-state index contributed by atoms with van der Waals surface area (Å²) >= 11 is 0. The number of piperidine rings is 2. The van der Waals surface area contributed by atoms with Gasteiger partial charge in [0.05, 0.1) is 24.7 Å². The summed E-state index contributed by atoms with van der Waals surface area (Å²) in [5, 5.41) is 0. The smallest absolute Gasteiger partial charge is 0.134 e. The van der Waals surface area contributed by atoms with Gasteiger partial charge in [-0.05, 0) is 24.7 Å². The van der Waals surface area contributed by atoms with Crippen LogP contribution >= 0.6 is 0 Å². The van der Waals surface area contributed by atoms with Crippen LogP contribution in [0.3, 0.4) is 0 Å². The molecule has 2 aliphatic rings. The van der Waals surface area contributed by atoms with Crippen molar-refractivity contribution >= 4 is 11.6 Å². The van der Waals surface area contributed by atoms with Crippen LogP contribution in [0.25, 0.3) is 0 Å². The van der Waals surface area contributed by atoms with E-state index >= 15 is 0 Å². The first-order valence-corrected chi connectivity index (χ1v) is 11.0. The van der Waals surface area contributed by atoms with Crippen molar-refractivity contribution in [1.29, 1.82) is 0 Å². The van der Waals surface area contributed by atoms with Crippen LogP contribution in [0.1, 0.15) is 38.8 Å². The fraction of sp³-hybridized carbons (Fsp3) is 0.545. The Morgan fingerprint density at radius 3 is 1.70 bits per heavy atom. The van der Waals surface area contributed by atoms with Crippen molar-refractivity contribution < 1.29 is 0 Å². The number of rotatable bonds is 4. The lowest BCUT2D eigenvalue weighted by Gasteiger charge is -2.40. The van der Waals surface area contributed by atoms with Crippen molar-refractivity contribution in [2.45, 2.75) is 38.8 Å². The molecule has 2 fully saturated rings. The van der Waals surface area contributed by atoms with Crippen molar-refractivity contribution in [2.24, 2.45) is 11.8 Å². The second-order valence-corrected chi connectivity index (χ2v) is 8.81. The Balaban J connectivity index is 1.34. The predicted octanol–water partition coefficient (Wildman–Crippen LogP) is 3.04. The van der Waals surface area contributed by atoms with E-state index in [0.717, 1.165) is 50.7 Å². The summed E-state index contributed by atoms with van der Waals surface area (Å²) in [6.07, 6.45) is 15.7. The van der Waals surface area contributed by atoms with Gasteiger partial charge in [-0.15, -0.1) is 0 Å². The molecular formula is C22H30N8. The maximum absolute atomic E-state index is 4.63. The van der Waals surface area contributed by atoms with Gasteiger partial charge in [-0.1, -0.05) is 13.8 Å². The predicted molar refractivity (Wildman–Crippen MR) is 117 cm³/mol. The van der Waals surface area contributed by atoms with E-state index in [0.29, 0.717) is 23.9 Å². The Labute approximate surface area is 177 Å². The molecule has 0 saturated carbocycles. The maximum atomic E-state index is 4.63. The summed E-state index contributed by atoms with van der Waals surface area (Å²) in [5.74, 6) is 3.29. The third kappa shape index (κ3) is 3.66. The molecule has 0 aromatic carbocycles. The number of hydrogen-bond acceptors (Lipinski definition) is 6. The van der Waals surface area contributed by atoms with Gasteiger partial charge < -0.3 is 18.9 Å². The molecule has 0 radical (unpaired) electrons. The standard InChI is InChI=1S/C22H30N8/c1-17-3-7-27(12-19(17)29-9-5-23-15-29)21-11-22(26-14-25-21)28-8-4-18(2)20(13-28)30-10-6-24-16-30/h5-6,9-11,14-20H,3-4,7-8,12-13H2,1-2H3. The van der Waals surface area contributed by atoms with E-state index in [-0.39, 0.29) is 0 Å². The zero-order chi connectivity index (χ0) is 20.5. The molecule has 0 amide bonds. The highest BCUT2D eigenvalue weighted by atomic mass is 15.3. The van der Waals surface area contributed by atoms with Gasteiger partial charge in [0, 0.05) is 57.0 Å². The highest BCUT2D eigenvalue weighted by Crippen LogP contribution is 2.33. The van der Waals surface area contributed by atoms with E-state index in [1.54, 1.807) is 6.33 Å². The first kappa shape index (κ1) is 19.1. The van der Waals surface area contributed by atoms with E-state index in [1.807, 2.05) is 25.0 Å². The van der Waals surface area contributed by atoms with Crippen molar-refractivity contribution in [3.05, 3.63) is 49.8 Å². The van der Waals surface area contributed by atoms with Crippen molar-refractivity contribution in [3.8, 4) is 0 Å². The lowest BCUT2D eigenvalue weighted by molar-refractivity contribution is 0.296. The highest BCUT2D eigenvalue weighted by Gasteiger charge is 2.30. The van der Waals surface area contributed by atoms with Crippen LogP contribution in [0.4, 0.5) is 11.6 Å². The van der Waals surface area contributed by atoms with E-state index in [2.05, 4.69) is 71.2 Å². The molecule has 8 heteroatoms. The number of anilines is 2. The summed E-state index contributed by atoms with van der Waals surface area (Å²) in [4.78, 5) is 22.5. The van der Waals surface area contributed by atoms with Gasteiger partial charge in [0.2, 0.25) is 0 Å². The molecule has 5 rings (SSSR count). The Bertz CT molecular complexity index is 864. The van der Waals surface area contributed by atoms with E-state index in [9.17, 15) is 0 Å². The summed E-state index contributed by atoms with van der Waals surface area (Å²) in [5.41, 5.74) is 0. The minimum absolute atomic E-state index is 0.418. The minimum atomic E-state index is 0.418. The molecule has 2 saturated heterocycles. The van der Waals surface area contributed by atoms with Gasteiger partial charge in [0.1, 0.15) is 18.0 Å². The summed E-state index contributed by atoms with van der Waals surface area (Å²) in [6.45, 7) is 8.61. The monoisotopic (exact) mass is 406 g/mol. The van der Waals surface area contributed by atoms with Gasteiger partial charge in [0.15, 0.2) is 0 Å². The number of imidazole rings is 2. The third-order valence-corrected chi connectivity index (χ3v) is 6.94. The van der Waals surface area contributed by atoms with Gasteiger partial charge in [0.25, 0.3) is 0 Å². The quantitative estimate of drug-likeness (QED) is 0.663. The van der Waals surface area contributed by atoms with Gasteiger partial charge in [-0.25, -0.2) is 19.9 Å². The van der Waals surface area contributed by atoms with Crippen LogP contribution in [0.5, 0.6) is 0 Å². The minimum Gasteiger partial charge on any atom is -0.354 e. The second kappa shape index (κ2) is 8.08. The summed E-state index contributed by atoms with van der Waals surface area (Å²) < 4.78 is 4.47. The van der Waals surface area contributed by atoms with Crippen LogP contribution in [-0.4, -0.2) is 55.2 Å². The Kier molecular flexibility index (Phi) is 5.14. The van der Waals surface area contributed by atoms with Crippen molar-refractivity contribution in [2.75, 3.05) is 36.0 Å². The zero-order valence-corrected chi connectivity index (χ0v) is 17.7. The average Bonchev–Trinajstić information content (AvgIpc) is 3.49. The lowest BCUT2D eigenvalue weighted by atomic mass is 9.93. The van der Waals surface area contributed by atoms with Gasteiger partial charge >= 0.3 is 0 Å². The van der Waals surface area contributed by atoms with Crippen LogP contribution < -0.4 is 9.80 Å². The molecule has 4 atom stereocenters. The molecule has 8 nitrogen and oxygen atoms in total. The molecule has 5 heterocycles. The molecule has 3 aromatic rings. The topological polar surface area (TPSA) is 67.9 Å². The molecule has 0 bridgehead atoms. The third-order valence-electron chi connectivity index (χ3n) is 6.94. The number of hydrogen-bond donors (Lipinski definition) is 0. The SMILES string of the molecule is CC1CCN(c2cc(N3CCC(C)C(n4ccnc4)C3)ncn2)CC1n1ccnc1. The fourth-order valence-electron chi connectivity index (χ4n) is 4.90. The fourth-order valence-corrected chi connectivity index (χ4v) is 4.90. The van der Waals surface area contributed by atoms with Gasteiger partial charge in [-0.2, -0.15) is 0 Å². The lowest BCUT2D eigenvalue weighted by Crippen LogP contribution is -2.42. The van der Waals surface area contributed by atoms with Crippen molar-refractivity contribution in [1.82, 2.24) is 29.1 Å². The van der Waals surface area contributed by atoms with Crippen LogP contribution in [0, 0.1) is 11.8 Å². The number of aromatic nitrogens is 6.